The number of carbonyl (C=O) groups is 2. The number of carbonyl (C=O) groups excluding carboxylic acids is 2. The van der Waals surface area contributed by atoms with Crippen molar-refractivity contribution in [3.63, 3.8) is 0 Å². The summed E-state index contributed by atoms with van der Waals surface area (Å²) in [5.74, 6) is -0.922. The molecule has 1 saturated heterocycles. The average molecular weight is 168 g/mol. The number of nitrogens with zero attached hydrogens (tertiary/aromatic N) is 3. The maximum absolute atomic E-state index is 11.0. The van der Waals surface area contributed by atoms with E-state index in [0.717, 1.165) is 0 Å². The Bertz CT molecular complexity index is 256. The van der Waals surface area contributed by atoms with Gasteiger partial charge in [-0.25, -0.2) is 0 Å². The molecule has 64 valence electrons. The lowest BCUT2D eigenvalue weighted by atomic mass is 9.99. The first-order valence-corrected chi connectivity index (χ1v) is 3.58. The van der Waals surface area contributed by atoms with Gasteiger partial charge in [0.1, 0.15) is 0 Å². The first-order chi connectivity index (χ1) is 5.74. The fraction of sp³-hybridized carbons (Fsp3) is 0.667. The van der Waals surface area contributed by atoms with Crippen molar-refractivity contribution in [3.8, 4) is 0 Å². The third kappa shape index (κ3) is 1.96. The van der Waals surface area contributed by atoms with Gasteiger partial charge in [0.25, 0.3) is 0 Å². The minimum Gasteiger partial charge on any atom is -0.296 e. The molecule has 0 saturated carbocycles. The molecule has 1 rings (SSSR count). The van der Waals surface area contributed by atoms with E-state index in [0.29, 0.717) is 12.8 Å². The summed E-state index contributed by atoms with van der Waals surface area (Å²) in [6.07, 6.45) is 0.807. The zero-order valence-corrected chi connectivity index (χ0v) is 6.36. The summed E-state index contributed by atoms with van der Waals surface area (Å²) in [7, 11) is 0. The van der Waals surface area contributed by atoms with Gasteiger partial charge in [-0.1, -0.05) is 5.11 Å². The maximum atomic E-state index is 11.0. The second-order valence-corrected chi connectivity index (χ2v) is 2.56. The largest absolute Gasteiger partial charge is 0.296 e. The molecular formula is C6H8N4O2. The van der Waals surface area contributed by atoms with Gasteiger partial charge in [-0.2, -0.15) is 0 Å². The summed E-state index contributed by atoms with van der Waals surface area (Å²) in [6, 6.07) is 0. The molecule has 1 N–H and O–H groups in total. The number of azide groups is 1. The minimum atomic E-state index is -0.335. The van der Waals surface area contributed by atoms with Crippen LogP contribution in [0.3, 0.4) is 0 Å². The van der Waals surface area contributed by atoms with Crippen molar-refractivity contribution in [1.82, 2.24) is 5.32 Å². The highest BCUT2D eigenvalue weighted by atomic mass is 16.2. The van der Waals surface area contributed by atoms with Crippen LogP contribution in [0.1, 0.15) is 12.8 Å². The van der Waals surface area contributed by atoms with Crippen LogP contribution in [0, 0.1) is 5.92 Å². The van der Waals surface area contributed by atoms with Crippen molar-refractivity contribution in [1.29, 1.82) is 0 Å². The van der Waals surface area contributed by atoms with E-state index in [9.17, 15) is 9.59 Å². The first-order valence-electron chi connectivity index (χ1n) is 3.58. The van der Waals surface area contributed by atoms with Gasteiger partial charge in [0.15, 0.2) is 0 Å². The lowest BCUT2D eigenvalue weighted by molar-refractivity contribution is -0.136. The first kappa shape index (κ1) is 8.55. The number of nitrogens with one attached hydrogen (secondary N) is 1. The molecule has 12 heavy (non-hydrogen) atoms. The van der Waals surface area contributed by atoms with Crippen LogP contribution < -0.4 is 5.32 Å². The topological polar surface area (TPSA) is 94.9 Å². The molecule has 1 aliphatic heterocycles. The average Bonchev–Trinajstić information content (AvgIpc) is 2.03. The number of imide groups is 1. The Morgan fingerprint density at radius 2 is 2.42 bits per heavy atom. The van der Waals surface area contributed by atoms with Crippen LogP contribution in [0.15, 0.2) is 5.11 Å². The maximum Gasteiger partial charge on any atom is 0.229 e. The van der Waals surface area contributed by atoms with Crippen LogP contribution in [-0.2, 0) is 9.59 Å². The van der Waals surface area contributed by atoms with Crippen LogP contribution in [0.5, 0.6) is 0 Å². The van der Waals surface area contributed by atoms with Gasteiger partial charge in [0, 0.05) is 23.8 Å². The van der Waals surface area contributed by atoms with Crippen LogP contribution in [-0.4, -0.2) is 18.4 Å². The van der Waals surface area contributed by atoms with Crippen molar-refractivity contribution in [2.24, 2.45) is 11.0 Å². The molecule has 0 spiro atoms. The van der Waals surface area contributed by atoms with Crippen molar-refractivity contribution >= 4 is 11.8 Å². The number of piperidine rings is 1. The van der Waals surface area contributed by atoms with Crippen LogP contribution >= 0.6 is 0 Å². The van der Waals surface area contributed by atoms with Gasteiger partial charge in [-0.05, 0) is 12.0 Å². The lowest BCUT2D eigenvalue weighted by Crippen LogP contribution is -2.41. The third-order valence-electron chi connectivity index (χ3n) is 1.72. The van der Waals surface area contributed by atoms with E-state index in [1.54, 1.807) is 0 Å². The number of rotatable bonds is 2. The molecule has 0 aliphatic carbocycles. The van der Waals surface area contributed by atoms with Crippen molar-refractivity contribution in [2.75, 3.05) is 6.54 Å². The summed E-state index contributed by atoms with van der Waals surface area (Å²) < 4.78 is 0. The molecule has 0 aromatic carbocycles. The second kappa shape index (κ2) is 3.73. The zero-order valence-electron chi connectivity index (χ0n) is 6.36. The predicted molar refractivity (Wildman–Crippen MR) is 39.9 cm³/mol. The molecule has 0 bridgehead atoms. The Balaban J connectivity index is 2.50. The molecule has 1 fully saturated rings. The number of hydrogen-bond acceptors (Lipinski definition) is 3. The third-order valence-corrected chi connectivity index (χ3v) is 1.72. The molecule has 1 heterocycles. The summed E-state index contributed by atoms with van der Waals surface area (Å²) in [6.45, 7) is 0.135. The smallest absolute Gasteiger partial charge is 0.229 e. The Hall–Kier alpha value is -1.55. The van der Waals surface area contributed by atoms with Gasteiger partial charge < -0.3 is 0 Å². The molecule has 6 nitrogen and oxygen atoms in total. The van der Waals surface area contributed by atoms with Gasteiger partial charge in [0.05, 0.1) is 0 Å². The van der Waals surface area contributed by atoms with Crippen LogP contribution in [0.25, 0.3) is 10.4 Å². The fourth-order valence-corrected chi connectivity index (χ4v) is 1.05. The summed E-state index contributed by atoms with van der Waals surface area (Å²) in [5.41, 5.74) is 7.99. The van der Waals surface area contributed by atoms with Crippen LogP contribution in [0.2, 0.25) is 0 Å². The van der Waals surface area contributed by atoms with E-state index in [1.807, 2.05) is 0 Å². The number of hydrogen-bond donors (Lipinski definition) is 1. The van der Waals surface area contributed by atoms with Gasteiger partial charge in [-0.3, -0.25) is 14.9 Å². The summed E-state index contributed by atoms with van der Waals surface area (Å²) in [4.78, 5) is 24.2. The predicted octanol–water partition coefficient (Wildman–Crippen LogP) is 0.349. The zero-order chi connectivity index (χ0) is 8.97. The van der Waals surface area contributed by atoms with Crippen molar-refractivity contribution in [3.05, 3.63) is 10.4 Å². The highest BCUT2D eigenvalue weighted by molar-refractivity contribution is 5.98. The Labute approximate surface area is 68.6 Å². The van der Waals surface area contributed by atoms with E-state index in [-0.39, 0.29) is 24.3 Å². The Kier molecular flexibility index (Phi) is 2.66. The Morgan fingerprint density at radius 1 is 1.67 bits per heavy atom. The van der Waals surface area contributed by atoms with Crippen molar-refractivity contribution in [2.45, 2.75) is 12.8 Å². The molecule has 2 amide bonds. The molecule has 0 unspecified atom stereocenters. The summed E-state index contributed by atoms with van der Waals surface area (Å²) >= 11 is 0. The normalized spacial score (nSPS) is 22.8. The molecule has 6 heteroatoms. The van der Waals surface area contributed by atoms with Gasteiger partial charge in [0.2, 0.25) is 11.8 Å². The standard InChI is InChI=1S/C6H8N4O2/c7-10-8-3-4-1-2-5(11)9-6(4)12/h4H,1-3H2,(H,9,11,12)/t4-/m0/s1. The minimum absolute atomic E-state index is 0.135. The molecule has 1 aliphatic rings. The van der Waals surface area contributed by atoms with Crippen LogP contribution in [0.4, 0.5) is 0 Å². The lowest BCUT2D eigenvalue weighted by Gasteiger charge is -2.18. The molecular weight excluding hydrogens is 160 g/mol. The molecule has 0 aromatic rings. The van der Waals surface area contributed by atoms with E-state index in [1.165, 1.54) is 0 Å². The number of amides is 2. The van der Waals surface area contributed by atoms with E-state index in [2.05, 4.69) is 15.3 Å². The second-order valence-electron chi connectivity index (χ2n) is 2.56. The molecule has 1 atom stereocenters. The molecule has 0 radical (unpaired) electrons. The summed E-state index contributed by atoms with van der Waals surface area (Å²) in [5, 5.41) is 5.46. The van der Waals surface area contributed by atoms with Gasteiger partial charge >= 0.3 is 0 Å². The Morgan fingerprint density at radius 3 is 3.00 bits per heavy atom. The van der Waals surface area contributed by atoms with Crippen molar-refractivity contribution < 1.29 is 9.59 Å². The fourth-order valence-electron chi connectivity index (χ4n) is 1.05. The SMILES string of the molecule is [N-]=[N+]=NC[C@@H]1CCC(=O)NC1=O. The monoisotopic (exact) mass is 168 g/mol. The quantitative estimate of drug-likeness (QED) is 0.278. The van der Waals surface area contributed by atoms with Gasteiger partial charge in [-0.15, -0.1) is 0 Å². The van der Waals surface area contributed by atoms with E-state index < -0.39 is 0 Å². The van der Waals surface area contributed by atoms with E-state index in [4.69, 9.17) is 5.53 Å². The van der Waals surface area contributed by atoms with E-state index >= 15 is 0 Å². The highest BCUT2D eigenvalue weighted by Gasteiger charge is 2.25. The highest BCUT2D eigenvalue weighted by Crippen LogP contribution is 2.12. The molecule has 0 aromatic heterocycles.